The Kier molecular flexibility index (Phi) is 5.46. The Labute approximate surface area is 165 Å². The minimum absolute atomic E-state index is 0.115. The number of allylic oxidation sites excluding steroid dienone is 1. The minimum Gasteiger partial charge on any atom is -0.496 e. The van der Waals surface area contributed by atoms with Crippen LogP contribution in [0.5, 0.6) is 17.2 Å². The normalized spacial score (nSPS) is 17.4. The lowest BCUT2D eigenvalue weighted by atomic mass is 9.90. The summed E-state index contributed by atoms with van der Waals surface area (Å²) < 4.78 is 20.7. The smallest absolute Gasteiger partial charge is 0.357 e. The lowest BCUT2D eigenvalue weighted by molar-refractivity contribution is 0.0594. The van der Waals surface area contributed by atoms with Crippen molar-refractivity contribution in [3.05, 3.63) is 45.9 Å². The van der Waals surface area contributed by atoms with Gasteiger partial charge in [-0.25, -0.2) is 9.78 Å². The van der Waals surface area contributed by atoms with Gasteiger partial charge in [-0.2, -0.15) is 0 Å². The van der Waals surface area contributed by atoms with Gasteiger partial charge in [-0.1, -0.05) is 0 Å². The van der Waals surface area contributed by atoms with Crippen LogP contribution < -0.4 is 14.2 Å². The number of nitrogens with zero attached hydrogens (tertiary/aromatic N) is 2. The maximum absolute atomic E-state index is 13.6. The fourth-order valence-corrected chi connectivity index (χ4v) is 3.72. The Morgan fingerprint density at radius 1 is 1.00 bits per heavy atom. The van der Waals surface area contributed by atoms with E-state index in [-0.39, 0.29) is 17.0 Å². The van der Waals surface area contributed by atoms with Crippen LogP contribution >= 0.6 is 11.3 Å². The van der Waals surface area contributed by atoms with E-state index in [4.69, 9.17) is 18.9 Å². The van der Waals surface area contributed by atoms with Crippen LogP contribution in [0.2, 0.25) is 0 Å². The van der Waals surface area contributed by atoms with Crippen molar-refractivity contribution in [2.75, 3.05) is 28.4 Å². The number of carbonyl (C=O) groups is 2. The van der Waals surface area contributed by atoms with Crippen LogP contribution in [0.4, 0.5) is 0 Å². The molecular weight excluding hydrogens is 384 g/mol. The molecule has 0 spiro atoms. The summed E-state index contributed by atoms with van der Waals surface area (Å²) in [4.78, 5) is 34.0. The molecule has 1 atom stereocenters. The molecule has 1 aliphatic rings. The lowest BCUT2D eigenvalue weighted by Gasteiger charge is -2.22. The summed E-state index contributed by atoms with van der Waals surface area (Å²) in [5.41, 5.74) is -1.03. The summed E-state index contributed by atoms with van der Waals surface area (Å²) in [6.07, 6.45) is 4.81. The van der Waals surface area contributed by atoms with E-state index in [0.29, 0.717) is 22.3 Å². The van der Waals surface area contributed by atoms with Crippen molar-refractivity contribution in [1.82, 2.24) is 4.98 Å². The van der Waals surface area contributed by atoms with Gasteiger partial charge in [0.2, 0.25) is 5.78 Å². The molecular formula is C19H18N2O6S. The van der Waals surface area contributed by atoms with Gasteiger partial charge < -0.3 is 18.9 Å². The monoisotopic (exact) mass is 402 g/mol. The summed E-state index contributed by atoms with van der Waals surface area (Å²) >= 11 is 1.15. The fourth-order valence-electron chi connectivity index (χ4n) is 2.80. The first-order chi connectivity index (χ1) is 13.5. The molecule has 9 heteroatoms. The Morgan fingerprint density at radius 3 is 2.25 bits per heavy atom. The first-order valence-electron chi connectivity index (χ1n) is 8.13. The van der Waals surface area contributed by atoms with Gasteiger partial charge in [0.15, 0.2) is 22.7 Å². The summed E-state index contributed by atoms with van der Waals surface area (Å²) in [5, 5.41) is 1.88. The number of aromatic nitrogens is 1. The predicted molar refractivity (Wildman–Crippen MR) is 103 cm³/mol. The number of benzene rings is 1. The summed E-state index contributed by atoms with van der Waals surface area (Å²) in [5.74, 6) is 0.155. The number of aliphatic imine (C=N–C) groups is 1. The van der Waals surface area contributed by atoms with Gasteiger partial charge in [-0.3, -0.25) is 9.79 Å². The largest absolute Gasteiger partial charge is 0.496 e. The zero-order chi connectivity index (χ0) is 20.3. The number of carbonyl (C=O) groups excluding carboxylic acids is 2. The molecule has 0 aliphatic carbocycles. The standard InChI is InChI=1S/C19H18N2O6S/c1-24-13-9-15(26-3)14(25-2)8-11(13)16(22)19(6-5-7-20-19)18-21-12(10-28-18)17(23)27-4/h5-10H,1-4H3. The number of hydrogen-bond acceptors (Lipinski definition) is 9. The third kappa shape index (κ3) is 3.13. The Balaban J connectivity index is 2.13. The predicted octanol–water partition coefficient (Wildman–Crippen LogP) is 2.67. The number of hydrogen-bond donors (Lipinski definition) is 0. The quantitative estimate of drug-likeness (QED) is 0.519. The van der Waals surface area contributed by atoms with E-state index in [2.05, 4.69) is 9.98 Å². The molecule has 3 rings (SSSR count). The van der Waals surface area contributed by atoms with Crippen LogP contribution in [0.1, 0.15) is 25.9 Å². The second kappa shape index (κ2) is 7.81. The van der Waals surface area contributed by atoms with E-state index in [9.17, 15) is 9.59 Å². The second-order valence-electron chi connectivity index (χ2n) is 5.67. The highest BCUT2D eigenvalue weighted by molar-refractivity contribution is 7.10. The van der Waals surface area contributed by atoms with Crippen molar-refractivity contribution in [3.63, 3.8) is 0 Å². The first-order valence-corrected chi connectivity index (χ1v) is 9.00. The van der Waals surface area contributed by atoms with Gasteiger partial charge >= 0.3 is 5.97 Å². The highest BCUT2D eigenvalue weighted by Gasteiger charge is 2.44. The van der Waals surface area contributed by atoms with Crippen LogP contribution in [-0.2, 0) is 10.3 Å². The Bertz CT molecular complexity index is 967. The number of Topliss-reactive ketones (excluding diaryl/α,β-unsaturated/α-hetero) is 1. The van der Waals surface area contributed by atoms with E-state index < -0.39 is 11.5 Å². The molecule has 146 valence electrons. The molecule has 0 bridgehead atoms. The van der Waals surface area contributed by atoms with E-state index in [1.54, 1.807) is 18.2 Å². The van der Waals surface area contributed by atoms with Gasteiger partial charge in [-0.15, -0.1) is 11.3 Å². The van der Waals surface area contributed by atoms with Crippen LogP contribution in [-0.4, -0.2) is 51.4 Å². The number of methoxy groups -OCH3 is 4. The van der Waals surface area contributed by atoms with Gasteiger partial charge in [0.1, 0.15) is 10.8 Å². The van der Waals surface area contributed by atoms with Crippen LogP contribution in [0.15, 0.2) is 34.7 Å². The van der Waals surface area contributed by atoms with Gasteiger partial charge in [-0.05, 0) is 18.2 Å². The van der Waals surface area contributed by atoms with Gasteiger partial charge in [0, 0.05) is 17.7 Å². The summed E-state index contributed by atoms with van der Waals surface area (Å²) in [6.45, 7) is 0. The third-order valence-corrected chi connectivity index (χ3v) is 5.19. The Morgan fingerprint density at radius 2 is 1.68 bits per heavy atom. The highest BCUT2D eigenvalue weighted by Crippen LogP contribution is 2.41. The second-order valence-corrected chi connectivity index (χ2v) is 6.53. The van der Waals surface area contributed by atoms with E-state index >= 15 is 0 Å². The van der Waals surface area contributed by atoms with E-state index in [0.717, 1.165) is 11.3 Å². The van der Waals surface area contributed by atoms with Crippen molar-refractivity contribution in [2.24, 2.45) is 4.99 Å². The Hall–Kier alpha value is -3.20. The third-order valence-electron chi connectivity index (χ3n) is 4.22. The van der Waals surface area contributed by atoms with Crippen molar-refractivity contribution >= 4 is 29.3 Å². The van der Waals surface area contributed by atoms with Crippen molar-refractivity contribution < 1.29 is 28.5 Å². The molecule has 1 aromatic heterocycles. The molecule has 0 radical (unpaired) electrons. The molecule has 0 N–H and O–H groups in total. The van der Waals surface area contributed by atoms with Gasteiger partial charge in [0.25, 0.3) is 0 Å². The molecule has 8 nitrogen and oxygen atoms in total. The number of rotatable bonds is 7. The SMILES string of the molecule is COC(=O)c1csc(C2(C(=O)c3cc(OC)c(OC)cc3OC)C=CC=N2)n1. The van der Waals surface area contributed by atoms with Gasteiger partial charge in [0.05, 0.1) is 34.0 Å². The number of thiazole rings is 1. The van der Waals surface area contributed by atoms with Crippen LogP contribution in [0.25, 0.3) is 0 Å². The molecule has 1 unspecified atom stereocenters. The summed E-state index contributed by atoms with van der Waals surface area (Å²) in [7, 11) is 5.70. The topological polar surface area (TPSA) is 96.3 Å². The van der Waals surface area contributed by atoms with E-state index in [1.807, 2.05) is 0 Å². The van der Waals surface area contributed by atoms with Crippen LogP contribution in [0, 0.1) is 0 Å². The molecule has 2 heterocycles. The highest BCUT2D eigenvalue weighted by atomic mass is 32.1. The molecule has 0 fully saturated rings. The fraction of sp³-hybridized carbons (Fsp3) is 0.263. The number of ether oxygens (including phenoxy) is 4. The average Bonchev–Trinajstić information content (AvgIpc) is 3.41. The van der Waals surface area contributed by atoms with Crippen LogP contribution in [0.3, 0.4) is 0 Å². The van der Waals surface area contributed by atoms with Crippen molar-refractivity contribution in [2.45, 2.75) is 5.54 Å². The molecule has 0 saturated carbocycles. The first kappa shape index (κ1) is 19.6. The molecule has 0 amide bonds. The zero-order valence-electron chi connectivity index (χ0n) is 15.7. The average molecular weight is 402 g/mol. The molecule has 28 heavy (non-hydrogen) atoms. The number of esters is 1. The zero-order valence-corrected chi connectivity index (χ0v) is 16.5. The molecule has 1 aliphatic heterocycles. The minimum atomic E-state index is -1.40. The summed E-state index contributed by atoms with van der Waals surface area (Å²) in [6, 6.07) is 3.11. The van der Waals surface area contributed by atoms with Crippen molar-refractivity contribution in [1.29, 1.82) is 0 Å². The van der Waals surface area contributed by atoms with E-state index in [1.165, 1.54) is 46.1 Å². The maximum atomic E-state index is 13.6. The lowest BCUT2D eigenvalue weighted by Crippen LogP contribution is -2.31. The maximum Gasteiger partial charge on any atom is 0.357 e. The van der Waals surface area contributed by atoms with Crippen molar-refractivity contribution in [3.8, 4) is 17.2 Å². The molecule has 2 aromatic rings. The molecule has 0 saturated heterocycles. The number of ketones is 1. The molecule has 1 aromatic carbocycles.